The van der Waals surface area contributed by atoms with Gasteiger partial charge in [0.15, 0.2) is 0 Å². The maximum Gasteiger partial charge on any atom is 0.222 e. The van der Waals surface area contributed by atoms with Crippen LogP contribution >= 0.6 is 0 Å². The first-order chi connectivity index (χ1) is 8.15. The summed E-state index contributed by atoms with van der Waals surface area (Å²) in [6, 6.07) is 0.132. The summed E-state index contributed by atoms with van der Waals surface area (Å²) < 4.78 is 0. The number of hydrogen-bond donors (Lipinski definition) is 3. The van der Waals surface area contributed by atoms with Gasteiger partial charge in [-0.1, -0.05) is 12.8 Å². The van der Waals surface area contributed by atoms with Crippen LogP contribution in [0.4, 0.5) is 0 Å². The summed E-state index contributed by atoms with van der Waals surface area (Å²) in [4.78, 5) is 22.8. The predicted molar refractivity (Wildman–Crippen MR) is 64.1 cm³/mol. The molecule has 17 heavy (non-hydrogen) atoms. The average Bonchev–Trinajstić information content (AvgIpc) is 2.67. The van der Waals surface area contributed by atoms with E-state index in [2.05, 4.69) is 10.6 Å². The number of carbonyl (C=O) groups is 2. The third-order valence-electron chi connectivity index (χ3n) is 3.76. The molecule has 1 saturated heterocycles. The van der Waals surface area contributed by atoms with Crippen molar-refractivity contribution in [1.29, 1.82) is 0 Å². The van der Waals surface area contributed by atoms with Crippen molar-refractivity contribution in [3.8, 4) is 0 Å². The third-order valence-corrected chi connectivity index (χ3v) is 3.76. The van der Waals surface area contributed by atoms with E-state index in [9.17, 15) is 9.59 Å². The Balaban J connectivity index is 1.74. The van der Waals surface area contributed by atoms with Gasteiger partial charge < -0.3 is 16.4 Å². The Morgan fingerprint density at radius 2 is 2.18 bits per heavy atom. The van der Waals surface area contributed by atoms with Crippen molar-refractivity contribution in [2.45, 2.75) is 50.6 Å². The van der Waals surface area contributed by atoms with E-state index in [1.807, 2.05) is 0 Å². The van der Waals surface area contributed by atoms with Crippen LogP contribution in [0.1, 0.15) is 38.5 Å². The Kier molecular flexibility index (Phi) is 3.99. The SMILES string of the molecule is NC1CCCCC1CC(=O)NC1CNC(=O)C1. The minimum Gasteiger partial charge on any atom is -0.354 e. The topological polar surface area (TPSA) is 84.2 Å². The molecule has 0 spiro atoms. The Labute approximate surface area is 102 Å². The monoisotopic (exact) mass is 239 g/mol. The zero-order chi connectivity index (χ0) is 12.3. The summed E-state index contributed by atoms with van der Waals surface area (Å²) in [5.74, 6) is 0.368. The molecule has 1 aliphatic carbocycles. The first-order valence-corrected chi connectivity index (χ1v) is 6.47. The molecule has 1 heterocycles. The largest absolute Gasteiger partial charge is 0.354 e. The standard InChI is InChI=1S/C12H21N3O2/c13-10-4-2-1-3-8(10)5-12(17)15-9-6-11(16)14-7-9/h8-10H,1-7,13H2,(H,14,16)(H,15,17). The van der Waals surface area contributed by atoms with E-state index in [-0.39, 0.29) is 23.9 Å². The molecule has 3 atom stereocenters. The van der Waals surface area contributed by atoms with Crippen LogP contribution in [-0.2, 0) is 9.59 Å². The van der Waals surface area contributed by atoms with Crippen LogP contribution in [0, 0.1) is 5.92 Å². The van der Waals surface area contributed by atoms with E-state index in [0.29, 0.717) is 25.3 Å². The second kappa shape index (κ2) is 5.49. The van der Waals surface area contributed by atoms with Gasteiger partial charge in [-0.15, -0.1) is 0 Å². The minimum atomic E-state index is -0.0326. The normalized spacial score (nSPS) is 33.2. The Hall–Kier alpha value is -1.10. The van der Waals surface area contributed by atoms with Gasteiger partial charge in [0, 0.05) is 25.4 Å². The second-order valence-electron chi connectivity index (χ2n) is 5.19. The fraction of sp³-hybridized carbons (Fsp3) is 0.833. The highest BCUT2D eigenvalue weighted by atomic mass is 16.2. The molecule has 0 aromatic rings. The molecule has 0 aromatic carbocycles. The van der Waals surface area contributed by atoms with E-state index >= 15 is 0 Å². The van der Waals surface area contributed by atoms with Crippen LogP contribution in [-0.4, -0.2) is 30.4 Å². The van der Waals surface area contributed by atoms with Crippen LogP contribution < -0.4 is 16.4 Å². The maximum atomic E-state index is 11.8. The van der Waals surface area contributed by atoms with Crippen LogP contribution in [0.25, 0.3) is 0 Å². The van der Waals surface area contributed by atoms with Crippen molar-refractivity contribution in [3.05, 3.63) is 0 Å². The van der Waals surface area contributed by atoms with E-state index in [4.69, 9.17) is 5.73 Å². The summed E-state index contributed by atoms with van der Waals surface area (Å²) in [7, 11) is 0. The van der Waals surface area contributed by atoms with Gasteiger partial charge in [-0.2, -0.15) is 0 Å². The number of nitrogens with one attached hydrogen (secondary N) is 2. The molecule has 0 bridgehead atoms. The maximum absolute atomic E-state index is 11.8. The van der Waals surface area contributed by atoms with Gasteiger partial charge >= 0.3 is 0 Å². The van der Waals surface area contributed by atoms with Crippen molar-refractivity contribution >= 4 is 11.8 Å². The summed E-state index contributed by atoms with van der Waals surface area (Å²) in [5.41, 5.74) is 6.01. The molecule has 96 valence electrons. The van der Waals surface area contributed by atoms with Crippen LogP contribution in [0.5, 0.6) is 0 Å². The fourth-order valence-electron chi connectivity index (χ4n) is 2.72. The molecule has 2 fully saturated rings. The molecule has 0 aromatic heterocycles. The minimum absolute atomic E-state index is 0.0182. The van der Waals surface area contributed by atoms with E-state index in [0.717, 1.165) is 12.8 Å². The first kappa shape index (κ1) is 12.4. The first-order valence-electron chi connectivity index (χ1n) is 6.47. The zero-order valence-electron chi connectivity index (χ0n) is 10.1. The highest BCUT2D eigenvalue weighted by molar-refractivity contribution is 5.82. The predicted octanol–water partition coefficient (Wildman–Crippen LogP) is -0.101. The smallest absolute Gasteiger partial charge is 0.222 e. The Morgan fingerprint density at radius 1 is 1.41 bits per heavy atom. The number of amides is 2. The molecule has 5 nitrogen and oxygen atoms in total. The summed E-state index contributed by atoms with van der Waals surface area (Å²) in [6.07, 6.45) is 5.35. The fourth-order valence-corrected chi connectivity index (χ4v) is 2.72. The lowest BCUT2D eigenvalue weighted by atomic mass is 9.83. The van der Waals surface area contributed by atoms with Gasteiger partial charge in [0.05, 0.1) is 6.04 Å². The molecule has 1 saturated carbocycles. The Bertz CT molecular complexity index is 306. The number of hydrogen-bond acceptors (Lipinski definition) is 3. The quantitative estimate of drug-likeness (QED) is 0.643. The molecule has 0 radical (unpaired) electrons. The third kappa shape index (κ3) is 3.43. The van der Waals surface area contributed by atoms with Gasteiger partial charge in [0.2, 0.25) is 11.8 Å². The highest BCUT2D eigenvalue weighted by Gasteiger charge is 2.27. The molecule has 1 aliphatic heterocycles. The second-order valence-corrected chi connectivity index (χ2v) is 5.19. The van der Waals surface area contributed by atoms with Crippen LogP contribution in [0.15, 0.2) is 0 Å². The molecule has 2 amide bonds. The van der Waals surface area contributed by atoms with Crippen molar-refractivity contribution in [2.24, 2.45) is 11.7 Å². The van der Waals surface area contributed by atoms with E-state index < -0.39 is 0 Å². The van der Waals surface area contributed by atoms with Gasteiger partial charge in [0.1, 0.15) is 0 Å². The van der Waals surface area contributed by atoms with Crippen LogP contribution in [0.2, 0.25) is 0 Å². The van der Waals surface area contributed by atoms with Gasteiger partial charge in [-0.05, 0) is 18.8 Å². The van der Waals surface area contributed by atoms with E-state index in [1.165, 1.54) is 12.8 Å². The number of carbonyl (C=O) groups excluding carboxylic acids is 2. The average molecular weight is 239 g/mol. The molecule has 2 aliphatic rings. The molecular weight excluding hydrogens is 218 g/mol. The summed E-state index contributed by atoms with van der Waals surface area (Å²) >= 11 is 0. The lowest BCUT2D eigenvalue weighted by molar-refractivity contribution is -0.123. The lowest BCUT2D eigenvalue weighted by Crippen LogP contribution is -2.41. The molecule has 3 unspecified atom stereocenters. The van der Waals surface area contributed by atoms with E-state index in [1.54, 1.807) is 0 Å². The van der Waals surface area contributed by atoms with Gasteiger partial charge in [0.25, 0.3) is 0 Å². The molecule has 5 heteroatoms. The zero-order valence-corrected chi connectivity index (χ0v) is 10.1. The van der Waals surface area contributed by atoms with Crippen molar-refractivity contribution in [1.82, 2.24) is 10.6 Å². The van der Waals surface area contributed by atoms with Gasteiger partial charge in [-0.3, -0.25) is 9.59 Å². The number of nitrogens with two attached hydrogens (primary N) is 1. The van der Waals surface area contributed by atoms with Crippen molar-refractivity contribution < 1.29 is 9.59 Å². The summed E-state index contributed by atoms with van der Waals surface area (Å²) in [5, 5.41) is 5.61. The highest BCUT2D eigenvalue weighted by Crippen LogP contribution is 2.25. The number of rotatable bonds is 3. The molecule has 2 rings (SSSR count). The Morgan fingerprint density at radius 3 is 2.82 bits per heavy atom. The molecular formula is C12H21N3O2. The molecule has 4 N–H and O–H groups in total. The van der Waals surface area contributed by atoms with Gasteiger partial charge in [-0.25, -0.2) is 0 Å². The van der Waals surface area contributed by atoms with Crippen molar-refractivity contribution in [3.63, 3.8) is 0 Å². The van der Waals surface area contributed by atoms with Crippen LogP contribution in [0.3, 0.4) is 0 Å². The summed E-state index contributed by atoms with van der Waals surface area (Å²) in [6.45, 7) is 0.557. The van der Waals surface area contributed by atoms with Crippen molar-refractivity contribution in [2.75, 3.05) is 6.54 Å². The lowest BCUT2D eigenvalue weighted by Gasteiger charge is -2.28.